The monoisotopic (exact) mass is 270 g/mol. The Morgan fingerprint density at radius 1 is 1.32 bits per heavy atom. The zero-order valence-electron chi connectivity index (χ0n) is 12.1. The van der Waals surface area contributed by atoms with Crippen LogP contribution in [0.4, 0.5) is 0 Å². The summed E-state index contributed by atoms with van der Waals surface area (Å²) in [5.41, 5.74) is 0. The minimum Gasteiger partial charge on any atom is -0.379 e. The molecule has 2 unspecified atom stereocenters. The Kier molecular flexibility index (Phi) is 5.60. The molecule has 0 bridgehead atoms. The summed E-state index contributed by atoms with van der Waals surface area (Å²) in [6.45, 7) is 5.91. The van der Waals surface area contributed by atoms with Crippen molar-refractivity contribution in [2.75, 3.05) is 39.9 Å². The van der Waals surface area contributed by atoms with Gasteiger partial charge in [0.2, 0.25) is 5.91 Å². The van der Waals surface area contributed by atoms with Gasteiger partial charge in [-0.2, -0.15) is 0 Å². The van der Waals surface area contributed by atoms with Crippen molar-refractivity contribution in [1.29, 1.82) is 0 Å². The van der Waals surface area contributed by atoms with E-state index in [1.54, 1.807) is 7.11 Å². The number of carbonyl (C=O) groups is 1. The first kappa shape index (κ1) is 14.8. The van der Waals surface area contributed by atoms with Crippen molar-refractivity contribution < 1.29 is 14.3 Å². The van der Waals surface area contributed by atoms with Crippen LogP contribution in [0.2, 0.25) is 0 Å². The third kappa shape index (κ3) is 4.16. The van der Waals surface area contributed by atoms with Gasteiger partial charge in [-0.25, -0.2) is 0 Å². The molecule has 2 saturated heterocycles. The van der Waals surface area contributed by atoms with Crippen molar-refractivity contribution in [3.8, 4) is 0 Å². The van der Waals surface area contributed by atoms with E-state index in [1.165, 1.54) is 0 Å². The molecule has 0 aromatic heterocycles. The molecule has 5 nitrogen and oxygen atoms in total. The number of hydrogen-bond donors (Lipinski definition) is 1. The standard InChI is InChI=1S/C14H26N2O3/c1-11-5-8-16(9-13(11)18-2)14(17)10-19-12-3-6-15-7-4-12/h11-13,15H,3-10H2,1-2H3. The second-order valence-electron chi connectivity index (χ2n) is 5.64. The summed E-state index contributed by atoms with van der Waals surface area (Å²) in [7, 11) is 1.72. The van der Waals surface area contributed by atoms with E-state index in [0.717, 1.165) is 38.9 Å². The van der Waals surface area contributed by atoms with Gasteiger partial charge in [0, 0.05) is 20.2 Å². The van der Waals surface area contributed by atoms with Crippen LogP contribution in [0.25, 0.3) is 0 Å². The number of likely N-dealkylation sites (tertiary alicyclic amines) is 1. The van der Waals surface area contributed by atoms with Crippen molar-refractivity contribution >= 4 is 5.91 Å². The fourth-order valence-electron chi connectivity index (χ4n) is 2.81. The predicted octanol–water partition coefficient (Wildman–Crippen LogP) is 0.638. The number of methoxy groups -OCH3 is 1. The van der Waals surface area contributed by atoms with E-state index in [1.807, 2.05) is 4.90 Å². The molecule has 2 aliphatic rings. The topological polar surface area (TPSA) is 50.8 Å². The molecule has 0 radical (unpaired) electrons. The predicted molar refractivity (Wildman–Crippen MR) is 73.0 cm³/mol. The summed E-state index contributed by atoms with van der Waals surface area (Å²) in [4.78, 5) is 14.0. The zero-order valence-corrected chi connectivity index (χ0v) is 12.1. The summed E-state index contributed by atoms with van der Waals surface area (Å²) >= 11 is 0. The molecular formula is C14H26N2O3. The van der Waals surface area contributed by atoms with Crippen LogP contribution < -0.4 is 5.32 Å². The van der Waals surface area contributed by atoms with Gasteiger partial charge in [0.15, 0.2) is 0 Å². The molecule has 0 saturated carbocycles. The Bertz CT molecular complexity index is 292. The average molecular weight is 270 g/mol. The highest BCUT2D eigenvalue weighted by atomic mass is 16.5. The van der Waals surface area contributed by atoms with Crippen LogP contribution in [-0.2, 0) is 14.3 Å². The summed E-state index contributed by atoms with van der Waals surface area (Å²) in [5, 5.41) is 3.29. The fourth-order valence-corrected chi connectivity index (χ4v) is 2.81. The molecule has 0 spiro atoms. The Balaban J connectivity index is 1.73. The molecule has 0 aromatic carbocycles. The number of rotatable bonds is 4. The summed E-state index contributed by atoms with van der Waals surface area (Å²) in [5.74, 6) is 0.631. The molecule has 1 amide bonds. The van der Waals surface area contributed by atoms with Gasteiger partial charge in [-0.05, 0) is 38.3 Å². The fraction of sp³-hybridized carbons (Fsp3) is 0.929. The van der Waals surface area contributed by atoms with Crippen molar-refractivity contribution in [3.05, 3.63) is 0 Å². The number of piperidine rings is 2. The zero-order chi connectivity index (χ0) is 13.7. The minimum absolute atomic E-state index is 0.104. The number of hydrogen-bond acceptors (Lipinski definition) is 4. The van der Waals surface area contributed by atoms with Gasteiger partial charge in [0.1, 0.15) is 6.61 Å². The molecule has 2 atom stereocenters. The molecule has 0 aromatic rings. The van der Waals surface area contributed by atoms with Gasteiger partial charge in [0.05, 0.1) is 12.2 Å². The molecule has 0 aliphatic carbocycles. The maximum atomic E-state index is 12.1. The van der Waals surface area contributed by atoms with Crippen molar-refractivity contribution in [2.24, 2.45) is 5.92 Å². The quantitative estimate of drug-likeness (QED) is 0.814. The smallest absolute Gasteiger partial charge is 0.248 e. The maximum Gasteiger partial charge on any atom is 0.248 e. The van der Waals surface area contributed by atoms with Crippen LogP contribution in [0.3, 0.4) is 0 Å². The number of amides is 1. The summed E-state index contributed by atoms with van der Waals surface area (Å²) in [6, 6.07) is 0. The van der Waals surface area contributed by atoms with E-state index in [-0.39, 0.29) is 24.7 Å². The third-order valence-corrected chi connectivity index (χ3v) is 4.27. The first-order chi connectivity index (χ1) is 9.20. The Labute approximate surface area is 115 Å². The van der Waals surface area contributed by atoms with Gasteiger partial charge >= 0.3 is 0 Å². The van der Waals surface area contributed by atoms with Gasteiger partial charge in [-0.3, -0.25) is 4.79 Å². The minimum atomic E-state index is 0.104. The van der Waals surface area contributed by atoms with Crippen LogP contribution in [0.5, 0.6) is 0 Å². The molecule has 1 N–H and O–H groups in total. The molecule has 110 valence electrons. The van der Waals surface area contributed by atoms with Crippen LogP contribution in [0.1, 0.15) is 26.2 Å². The SMILES string of the molecule is COC1CN(C(=O)COC2CCNCC2)CCC1C. The lowest BCUT2D eigenvalue weighted by Crippen LogP contribution is -2.48. The van der Waals surface area contributed by atoms with Crippen LogP contribution >= 0.6 is 0 Å². The second-order valence-corrected chi connectivity index (χ2v) is 5.64. The van der Waals surface area contributed by atoms with E-state index < -0.39 is 0 Å². The van der Waals surface area contributed by atoms with Crippen LogP contribution in [-0.4, -0.2) is 62.9 Å². The second kappa shape index (κ2) is 7.22. The molecule has 5 heteroatoms. The summed E-state index contributed by atoms with van der Waals surface area (Å²) < 4.78 is 11.2. The highest BCUT2D eigenvalue weighted by Gasteiger charge is 2.29. The molecule has 2 rings (SSSR count). The lowest BCUT2D eigenvalue weighted by Gasteiger charge is -2.36. The van der Waals surface area contributed by atoms with Gasteiger partial charge in [-0.1, -0.05) is 6.92 Å². The normalized spacial score (nSPS) is 29.5. The van der Waals surface area contributed by atoms with Gasteiger partial charge in [-0.15, -0.1) is 0 Å². The Morgan fingerprint density at radius 2 is 2.05 bits per heavy atom. The number of carbonyl (C=O) groups excluding carboxylic acids is 1. The average Bonchev–Trinajstić information content (AvgIpc) is 2.46. The largest absolute Gasteiger partial charge is 0.379 e. The Hall–Kier alpha value is -0.650. The van der Waals surface area contributed by atoms with E-state index >= 15 is 0 Å². The molecule has 2 aliphatic heterocycles. The van der Waals surface area contributed by atoms with Crippen LogP contribution in [0.15, 0.2) is 0 Å². The highest BCUT2D eigenvalue weighted by molar-refractivity contribution is 5.77. The van der Waals surface area contributed by atoms with Gasteiger partial charge < -0.3 is 19.7 Å². The summed E-state index contributed by atoms with van der Waals surface area (Å²) in [6.07, 6.45) is 3.43. The lowest BCUT2D eigenvalue weighted by molar-refractivity contribution is -0.143. The number of ether oxygens (including phenoxy) is 2. The lowest BCUT2D eigenvalue weighted by atomic mass is 9.96. The molecule has 19 heavy (non-hydrogen) atoms. The van der Waals surface area contributed by atoms with Crippen LogP contribution in [0, 0.1) is 5.92 Å². The van der Waals surface area contributed by atoms with E-state index in [9.17, 15) is 4.79 Å². The van der Waals surface area contributed by atoms with Crippen molar-refractivity contribution in [1.82, 2.24) is 10.2 Å². The molecular weight excluding hydrogens is 244 g/mol. The van der Waals surface area contributed by atoms with E-state index in [4.69, 9.17) is 9.47 Å². The molecule has 2 heterocycles. The highest BCUT2D eigenvalue weighted by Crippen LogP contribution is 2.19. The maximum absolute atomic E-state index is 12.1. The van der Waals surface area contributed by atoms with E-state index in [0.29, 0.717) is 12.5 Å². The van der Waals surface area contributed by atoms with Crippen molar-refractivity contribution in [3.63, 3.8) is 0 Å². The van der Waals surface area contributed by atoms with Crippen molar-refractivity contribution in [2.45, 2.75) is 38.4 Å². The Morgan fingerprint density at radius 3 is 2.74 bits per heavy atom. The van der Waals surface area contributed by atoms with E-state index in [2.05, 4.69) is 12.2 Å². The number of nitrogens with zero attached hydrogens (tertiary/aromatic N) is 1. The third-order valence-electron chi connectivity index (χ3n) is 4.27. The number of nitrogens with one attached hydrogen (secondary N) is 1. The van der Waals surface area contributed by atoms with Gasteiger partial charge in [0.25, 0.3) is 0 Å². The first-order valence-corrected chi connectivity index (χ1v) is 7.33. The first-order valence-electron chi connectivity index (χ1n) is 7.33. The molecule has 2 fully saturated rings.